The van der Waals surface area contributed by atoms with Crippen molar-refractivity contribution in [1.29, 1.82) is 0 Å². The van der Waals surface area contributed by atoms with E-state index in [0.717, 1.165) is 30.0 Å². The molecular weight excluding hydrogens is 316 g/mol. The molecule has 0 unspecified atom stereocenters. The SMILES string of the molecule is C[C@H]1CCCCN1CCCNC(=O)/C=C/c1ccc2c(c1)OCCO2. The topological polar surface area (TPSA) is 50.8 Å². The van der Waals surface area contributed by atoms with Gasteiger partial charge in [-0.15, -0.1) is 0 Å². The molecule has 0 aromatic heterocycles. The average molecular weight is 344 g/mol. The maximum Gasteiger partial charge on any atom is 0.243 e. The molecule has 2 aliphatic rings. The van der Waals surface area contributed by atoms with Gasteiger partial charge in [-0.2, -0.15) is 0 Å². The molecule has 136 valence electrons. The highest BCUT2D eigenvalue weighted by Gasteiger charge is 2.17. The summed E-state index contributed by atoms with van der Waals surface area (Å²) in [7, 11) is 0. The van der Waals surface area contributed by atoms with Crippen LogP contribution in [0.5, 0.6) is 11.5 Å². The van der Waals surface area contributed by atoms with Crippen LogP contribution < -0.4 is 14.8 Å². The Labute approximate surface area is 150 Å². The minimum absolute atomic E-state index is 0.0541. The second kappa shape index (κ2) is 8.90. The highest BCUT2D eigenvalue weighted by atomic mass is 16.6. The lowest BCUT2D eigenvalue weighted by molar-refractivity contribution is -0.116. The Morgan fingerprint density at radius 2 is 2.12 bits per heavy atom. The maximum absolute atomic E-state index is 12.0. The second-order valence-corrected chi connectivity index (χ2v) is 6.76. The molecule has 2 heterocycles. The number of hydrogen-bond acceptors (Lipinski definition) is 4. The van der Waals surface area contributed by atoms with Crippen molar-refractivity contribution in [1.82, 2.24) is 10.2 Å². The number of rotatable bonds is 6. The van der Waals surface area contributed by atoms with Gasteiger partial charge in [-0.25, -0.2) is 0 Å². The molecule has 3 rings (SSSR count). The van der Waals surface area contributed by atoms with Crippen molar-refractivity contribution >= 4 is 12.0 Å². The van der Waals surface area contributed by atoms with Crippen molar-refractivity contribution < 1.29 is 14.3 Å². The van der Waals surface area contributed by atoms with Gasteiger partial charge in [-0.05, 0) is 56.5 Å². The number of likely N-dealkylation sites (tertiary alicyclic amines) is 1. The van der Waals surface area contributed by atoms with E-state index in [2.05, 4.69) is 17.1 Å². The van der Waals surface area contributed by atoms with Gasteiger partial charge in [-0.3, -0.25) is 4.79 Å². The van der Waals surface area contributed by atoms with Crippen LogP contribution in [0.2, 0.25) is 0 Å². The smallest absolute Gasteiger partial charge is 0.243 e. The first-order valence-electron chi connectivity index (χ1n) is 9.32. The third-order valence-electron chi connectivity index (χ3n) is 4.86. The van der Waals surface area contributed by atoms with Crippen molar-refractivity contribution in [3.05, 3.63) is 29.8 Å². The number of hydrogen-bond donors (Lipinski definition) is 1. The van der Waals surface area contributed by atoms with Crippen LogP contribution in [0.15, 0.2) is 24.3 Å². The number of fused-ring (bicyclic) bond motifs is 1. The van der Waals surface area contributed by atoms with Crippen LogP contribution >= 0.6 is 0 Å². The number of nitrogens with zero attached hydrogens (tertiary/aromatic N) is 1. The molecule has 0 aliphatic carbocycles. The molecule has 25 heavy (non-hydrogen) atoms. The van der Waals surface area contributed by atoms with Crippen molar-refractivity contribution in [2.45, 2.75) is 38.6 Å². The zero-order valence-electron chi connectivity index (χ0n) is 15.0. The number of amides is 1. The quantitative estimate of drug-likeness (QED) is 0.637. The summed E-state index contributed by atoms with van der Waals surface area (Å²) in [5.74, 6) is 1.45. The summed E-state index contributed by atoms with van der Waals surface area (Å²) in [6.07, 6.45) is 8.32. The fraction of sp³-hybridized carbons (Fsp3) is 0.550. The van der Waals surface area contributed by atoms with Crippen molar-refractivity contribution in [2.24, 2.45) is 0 Å². The van der Waals surface area contributed by atoms with Crippen LogP contribution in [0.4, 0.5) is 0 Å². The minimum atomic E-state index is -0.0541. The lowest BCUT2D eigenvalue weighted by atomic mass is 10.0. The van der Waals surface area contributed by atoms with E-state index in [1.807, 2.05) is 18.2 Å². The maximum atomic E-state index is 12.0. The highest BCUT2D eigenvalue weighted by molar-refractivity contribution is 5.91. The van der Waals surface area contributed by atoms with Gasteiger partial charge < -0.3 is 19.7 Å². The summed E-state index contributed by atoms with van der Waals surface area (Å²) < 4.78 is 11.0. The van der Waals surface area contributed by atoms with E-state index < -0.39 is 0 Å². The Morgan fingerprint density at radius 1 is 1.28 bits per heavy atom. The molecule has 1 atom stereocenters. The van der Waals surface area contributed by atoms with Gasteiger partial charge in [-0.1, -0.05) is 12.5 Å². The Kier molecular flexibility index (Phi) is 6.34. The highest BCUT2D eigenvalue weighted by Crippen LogP contribution is 2.31. The Bertz CT molecular complexity index is 615. The van der Waals surface area contributed by atoms with E-state index in [9.17, 15) is 4.79 Å². The van der Waals surface area contributed by atoms with Gasteiger partial charge in [0.1, 0.15) is 13.2 Å². The first-order chi connectivity index (χ1) is 12.2. The summed E-state index contributed by atoms with van der Waals surface area (Å²) in [6.45, 7) is 6.42. The summed E-state index contributed by atoms with van der Waals surface area (Å²) in [4.78, 5) is 14.5. The van der Waals surface area contributed by atoms with Crippen molar-refractivity contribution in [3.8, 4) is 11.5 Å². The van der Waals surface area contributed by atoms with E-state index in [1.165, 1.54) is 25.8 Å². The van der Waals surface area contributed by atoms with E-state index >= 15 is 0 Å². The first-order valence-corrected chi connectivity index (χ1v) is 9.32. The third kappa shape index (κ3) is 5.23. The van der Waals surface area contributed by atoms with Gasteiger partial charge in [0.15, 0.2) is 11.5 Å². The molecule has 0 bridgehead atoms. The average Bonchev–Trinajstić information content (AvgIpc) is 2.64. The molecule has 0 spiro atoms. The number of nitrogens with one attached hydrogen (secondary N) is 1. The monoisotopic (exact) mass is 344 g/mol. The van der Waals surface area contributed by atoms with Gasteiger partial charge in [0.2, 0.25) is 5.91 Å². The number of carbonyl (C=O) groups is 1. The van der Waals surface area contributed by atoms with Crippen LogP contribution in [0, 0.1) is 0 Å². The lowest BCUT2D eigenvalue weighted by Gasteiger charge is -2.33. The van der Waals surface area contributed by atoms with Crippen LogP contribution in [0.3, 0.4) is 0 Å². The molecule has 1 aromatic carbocycles. The normalized spacial score (nSPS) is 20.6. The molecule has 2 aliphatic heterocycles. The van der Waals surface area contributed by atoms with E-state index in [4.69, 9.17) is 9.47 Å². The fourth-order valence-corrected chi connectivity index (χ4v) is 3.38. The summed E-state index contributed by atoms with van der Waals surface area (Å²) >= 11 is 0. The Balaban J connectivity index is 1.39. The molecule has 5 nitrogen and oxygen atoms in total. The van der Waals surface area contributed by atoms with Crippen LogP contribution in [0.1, 0.15) is 38.2 Å². The largest absolute Gasteiger partial charge is 0.486 e. The predicted octanol–water partition coefficient (Wildman–Crippen LogP) is 2.85. The van der Waals surface area contributed by atoms with Crippen molar-refractivity contribution in [3.63, 3.8) is 0 Å². The number of ether oxygens (including phenoxy) is 2. The summed E-state index contributed by atoms with van der Waals surface area (Å²) in [6, 6.07) is 6.39. The lowest BCUT2D eigenvalue weighted by Crippen LogP contribution is -2.39. The van der Waals surface area contributed by atoms with Gasteiger partial charge in [0, 0.05) is 25.2 Å². The molecular formula is C20H28N2O3. The molecule has 1 saturated heterocycles. The summed E-state index contributed by atoms with van der Waals surface area (Å²) in [5, 5.41) is 2.96. The Hall–Kier alpha value is -2.01. The summed E-state index contributed by atoms with van der Waals surface area (Å²) in [5.41, 5.74) is 0.932. The zero-order chi connectivity index (χ0) is 17.5. The van der Waals surface area contributed by atoms with E-state index in [1.54, 1.807) is 12.2 Å². The van der Waals surface area contributed by atoms with E-state index in [0.29, 0.717) is 25.8 Å². The zero-order valence-corrected chi connectivity index (χ0v) is 15.0. The molecule has 1 fully saturated rings. The predicted molar refractivity (Wildman–Crippen MR) is 99.0 cm³/mol. The number of piperidine rings is 1. The second-order valence-electron chi connectivity index (χ2n) is 6.76. The molecule has 1 N–H and O–H groups in total. The third-order valence-corrected chi connectivity index (χ3v) is 4.86. The molecule has 5 heteroatoms. The fourth-order valence-electron chi connectivity index (χ4n) is 3.38. The molecule has 1 aromatic rings. The van der Waals surface area contributed by atoms with Crippen LogP contribution in [-0.2, 0) is 4.79 Å². The van der Waals surface area contributed by atoms with Crippen LogP contribution in [-0.4, -0.2) is 49.7 Å². The standard InChI is InChI=1S/C20H28N2O3/c1-16-5-2-3-11-22(16)12-4-10-21-20(23)9-7-17-6-8-18-19(15-17)25-14-13-24-18/h6-9,15-16H,2-5,10-14H2,1H3,(H,21,23)/b9-7+/t16-/m0/s1. The van der Waals surface area contributed by atoms with Gasteiger partial charge >= 0.3 is 0 Å². The molecule has 0 saturated carbocycles. The minimum Gasteiger partial charge on any atom is -0.486 e. The first kappa shape index (κ1) is 17.8. The van der Waals surface area contributed by atoms with Crippen LogP contribution in [0.25, 0.3) is 6.08 Å². The molecule has 1 amide bonds. The number of carbonyl (C=O) groups excluding carboxylic acids is 1. The van der Waals surface area contributed by atoms with Gasteiger partial charge in [0.05, 0.1) is 0 Å². The van der Waals surface area contributed by atoms with Crippen molar-refractivity contribution in [2.75, 3.05) is 32.8 Å². The van der Waals surface area contributed by atoms with E-state index in [-0.39, 0.29) is 5.91 Å². The van der Waals surface area contributed by atoms with Gasteiger partial charge in [0.25, 0.3) is 0 Å². The molecule has 0 radical (unpaired) electrons. The Morgan fingerprint density at radius 3 is 2.96 bits per heavy atom. The number of benzene rings is 1.